The summed E-state index contributed by atoms with van der Waals surface area (Å²) in [7, 11) is 0. The van der Waals surface area contributed by atoms with Crippen molar-refractivity contribution in [3.8, 4) is 5.75 Å². The molecule has 0 saturated heterocycles. The summed E-state index contributed by atoms with van der Waals surface area (Å²) in [4.78, 5) is 21.5. The second kappa shape index (κ2) is 6.64. The van der Waals surface area contributed by atoms with Gasteiger partial charge in [-0.2, -0.15) is 0 Å². The normalized spacial score (nSPS) is 9.89. The molecule has 1 aromatic carbocycles. The fourth-order valence-corrected chi connectivity index (χ4v) is 1.66. The molecule has 18 heavy (non-hydrogen) atoms. The maximum atomic E-state index is 10.8. The summed E-state index contributed by atoms with van der Waals surface area (Å²) >= 11 is 0. The van der Waals surface area contributed by atoms with Gasteiger partial charge in [-0.25, -0.2) is 0 Å². The SMILES string of the molecule is CCc1ccc(C=O)c(O)c1NCCNC(C)=O. The number of carbonyl (C=O) groups excluding carboxylic acids is 2. The lowest BCUT2D eigenvalue weighted by atomic mass is 10.1. The van der Waals surface area contributed by atoms with Gasteiger partial charge < -0.3 is 15.7 Å². The van der Waals surface area contributed by atoms with Crippen LogP contribution >= 0.6 is 0 Å². The van der Waals surface area contributed by atoms with Crippen molar-refractivity contribution in [2.75, 3.05) is 18.4 Å². The van der Waals surface area contributed by atoms with Crippen molar-refractivity contribution in [2.24, 2.45) is 0 Å². The van der Waals surface area contributed by atoms with Gasteiger partial charge in [-0.1, -0.05) is 13.0 Å². The molecule has 5 heteroatoms. The maximum Gasteiger partial charge on any atom is 0.216 e. The Bertz CT molecular complexity index is 444. The molecule has 0 saturated carbocycles. The number of phenolic OH excluding ortho intramolecular Hbond substituents is 1. The molecule has 1 aromatic rings. The number of rotatable bonds is 6. The number of aromatic hydroxyl groups is 1. The summed E-state index contributed by atoms with van der Waals surface area (Å²) in [5.41, 5.74) is 1.75. The molecule has 0 aromatic heterocycles. The zero-order valence-electron chi connectivity index (χ0n) is 10.6. The summed E-state index contributed by atoms with van der Waals surface area (Å²) < 4.78 is 0. The van der Waals surface area contributed by atoms with Gasteiger partial charge in [0.05, 0.1) is 11.3 Å². The van der Waals surface area contributed by atoms with Crippen LogP contribution in [0, 0.1) is 0 Å². The van der Waals surface area contributed by atoms with Crippen LogP contribution < -0.4 is 10.6 Å². The predicted molar refractivity (Wildman–Crippen MR) is 70.0 cm³/mol. The molecule has 0 bridgehead atoms. The minimum atomic E-state index is -0.0987. The van der Waals surface area contributed by atoms with Crippen molar-refractivity contribution >= 4 is 17.9 Å². The molecule has 0 unspecified atom stereocenters. The highest BCUT2D eigenvalue weighted by Crippen LogP contribution is 2.30. The fourth-order valence-electron chi connectivity index (χ4n) is 1.66. The average Bonchev–Trinajstić information content (AvgIpc) is 2.35. The third kappa shape index (κ3) is 3.48. The molecule has 0 heterocycles. The first-order valence-electron chi connectivity index (χ1n) is 5.88. The second-order valence-corrected chi connectivity index (χ2v) is 3.92. The second-order valence-electron chi connectivity index (χ2n) is 3.92. The van der Waals surface area contributed by atoms with Gasteiger partial charge >= 0.3 is 0 Å². The molecular weight excluding hydrogens is 232 g/mol. The third-order valence-electron chi connectivity index (χ3n) is 2.60. The first-order valence-corrected chi connectivity index (χ1v) is 5.88. The Hall–Kier alpha value is -2.04. The third-order valence-corrected chi connectivity index (χ3v) is 2.60. The van der Waals surface area contributed by atoms with E-state index in [2.05, 4.69) is 10.6 Å². The number of anilines is 1. The van der Waals surface area contributed by atoms with Crippen molar-refractivity contribution in [3.05, 3.63) is 23.3 Å². The van der Waals surface area contributed by atoms with Gasteiger partial charge in [0.2, 0.25) is 5.91 Å². The number of phenols is 1. The van der Waals surface area contributed by atoms with Crippen molar-refractivity contribution in [1.82, 2.24) is 5.32 Å². The van der Waals surface area contributed by atoms with E-state index in [1.54, 1.807) is 6.07 Å². The number of hydrogen-bond acceptors (Lipinski definition) is 4. The largest absolute Gasteiger partial charge is 0.505 e. The van der Waals surface area contributed by atoms with Crippen molar-refractivity contribution in [1.29, 1.82) is 0 Å². The van der Waals surface area contributed by atoms with E-state index in [0.717, 1.165) is 12.0 Å². The smallest absolute Gasteiger partial charge is 0.216 e. The van der Waals surface area contributed by atoms with Gasteiger partial charge in [0.1, 0.15) is 5.75 Å². The molecule has 3 N–H and O–H groups in total. The molecule has 0 atom stereocenters. The molecular formula is C13H18N2O3. The number of hydrogen-bond donors (Lipinski definition) is 3. The van der Waals surface area contributed by atoms with Gasteiger partial charge in [0.25, 0.3) is 0 Å². The topological polar surface area (TPSA) is 78.4 Å². The Morgan fingerprint density at radius 3 is 2.67 bits per heavy atom. The van der Waals surface area contributed by atoms with Crippen LogP contribution in [0.4, 0.5) is 5.69 Å². The van der Waals surface area contributed by atoms with Crippen molar-refractivity contribution < 1.29 is 14.7 Å². The lowest BCUT2D eigenvalue weighted by molar-refractivity contribution is -0.118. The molecule has 1 amide bonds. The van der Waals surface area contributed by atoms with Gasteiger partial charge in [0.15, 0.2) is 6.29 Å². The van der Waals surface area contributed by atoms with E-state index in [9.17, 15) is 14.7 Å². The highest BCUT2D eigenvalue weighted by atomic mass is 16.3. The Morgan fingerprint density at radius 2 is 2.11 bits per heavy atom. The van der Waals surface area contributed by atoms with Crippen LogP contribution in [0.15, 0.2) is 12.1 Å². The molecule has 98 valence electrons. The number of nitrogens with one attached hydrogen (secondary N) is 2. The summed E-state index contributed by atoms with van der Waals surface area (Å²) in [5, 5.41) is 15.6. The van der Waals surface area contributed by atoms with Crippen LogP contribution in [0.3, 0.4) is 0 Å². The molecule has 0 aliphatic rings. The van der Waals surface area contributed by atoms with Crippen LogP contribution in [0.1, 0.15) is 29.8 Å². The van der Waals surface area contributed by atoms with E-state index in [1.807, 2.05) is 13.0 Å². The Morgan fingerprint density at radius 1 is 1.39 bits per heavy atom. The Kier molecular flexibility index (Phi) is 5.17. The summed E-state index contributed by atoms with van der Waals surface area (Å²) in [6.45, 7) is 4.36. The van der Waals surface area contributed by atoms with Crippen LogP contribution in [0.25, 0.3) is 0 Å². The highest BCUT2D eigenvalue weighted by Gasteiger charge is 2.10. The predicted octanol–water partition coefficient (Wildman–Crippen LogP) is 1.32. The van der Waals surface area contributed by atoms with E-state index in [0.29, 0.717) is 25.1 Å². The first kappa shape index (κ1) is 14.0. The monoisotopic (exact) mass is 250 g/mol. The maximum absolute atomic E-state index is 10.8. The van der Waals surface area contributed by atoms with Gasteiger partial charge in [0, 0.05) is 20.0 Å². The standard InChI is InChI=1S/C13H18N2O3/c1-3-10-4-5-11(8-16)13(18)12(10)15-7-6-14-9(2)17/h4-5,8,15,18H,3,6-7H2,1-2H3,(H,14,17). The molecule has 5 nitrogen and oxygen atoms in total. The van der Waals surface area contributed by atoms with Crippen LogP contribution in [-0.4, -0.2) is 30.4 Å². The Labute approximate surface area is 106 Å². The lowest BCUT2D eigenvalue weighted by Crippen LogP contribution is -2.26. The number of benzene rings is 1. The molecule has 1 rings (SSSR count). The van der Waals surface area contributed by atoms with Gasteiger partial charge in [-0.15, -0.1) is 0 Å². The molecule has 0 spiro atoms. The molecule has 0 aliphatic heterocycles. The summed E-state index contributed by atoms with van der Waals surface area (Å²) in [6.07, 6.45) is 1.36. The zero-order valence-corrected chi connectivity index (χ0v) is 10.6. The number of aryl methyl sites for hydroxylation is 1. The Balaban J connectivity index is 2.78. The minimum Gasteiger partial charge on any atom is -0.505 e. The van der Waals surface area contributed by atoms with Crippen LogP contribution in [-0.2, 0) is 11.2 Å². The van der Waals surface area contributed by atoms with Crippen LogP contribution in [0.5, 0.6) is 5.75 Å². The quantitative estimate of drug-likeness (QED) is 0.404. The van der Waals surface area contributed by atoms with Gasteiger partial charge in [-0.05, 0) is 18.1 Å². The fraction of sp³-hybridized carbons (Fsp3) is 0.385. The highest BCUT2D eigenvalue weighted by molar-refractivity contribution is 5.84. The number of carbonyl (C=O) groups is 2. The zero-order chi connectivity index (χ0) is 13.5. The number of amides is 1. The molecule has 0 aliphatic carbocycles. The lowest BCUT2D eigenvalue weighted by Gasteiger charge is -2.14. The van der Waals surface area contributed by atoms with E-state index in [1.165, 1.54) is 6.92 Å². The van der Waals surface area contributed by atoms with Crippen LogP contribution in [0.2, 0.25) is 0 Å². The first-order chi connectivity index (χ1) is 8.60. The average molecular weight is 250 g/mol. The van der Waals surface area contributed by atoms with E-state index >= 15 is 0 Å². The van der Waals surface area contributed by atoms with E-state index in [-0.39, 0.29) is 17.2 Å². The number of aldehydes is 1. The molecule has 0 radical (unpaired) electrons. The van der Waals surface area contributed by atoms with E-state index < -0.39 is 0 Å². The van der Waals surface area contributed by atoms with Gasteiger partial charge in [-0.3, -0.25) is 9.59 Å². The van der Waals surface area contributed by atoms with Crippen molar-refractivity contribution in [3.63, 3.8) is 0 Å². The van der Waals surface area contributed by atoms with E-state index in [4.69, 9.17) is 0 Å². The summed E-state index contributed by atoms with van der Waals surface area (Å²) in [5.74, 6) is -0.134. The minimum absolute atomic E-state index is 0.0350. The van der Waals surface area contributed by atoms with Crippen molar-refractivity contribution in [2.45, 2.75) is 20.3 Å². The molecule has 0 fully saturated rings. The summed E-state index contributed by atoms with van der Waals surface area (Å²) in [6, 6.07) is 3.41.